The van der Waals surface area contributed by atoms with E-state index in [9.17, 15) is 19.2 Å². The Balaban J connectivity index is 1.90. The molecule has 2 aromatic rings. The normalized spacial score (nSPS) is 22.1. The van der Waals surface area contributed by atoms with Crippen molar-refractivity contribution in [1.29, 1.82) is 5.26 Å². The summed E-state index contributed by atoms with van der Waals surface area (Å²) in [5, 5.41) is 13.0. The van der Waals surface area contributed by atoms with Crippen LogP contribution in [-0.2, 0) is 15.0 Å². The van der Waals surface area contributed by atoms with E-state index in [2.05, 4.69) is 11.4 Å². The van der Waals surface area contributed by atoms with Crippen LogP contribution in [0.5, 0.6) is 0 Å². The summed E-state index contributed by atoms with van der Waals surface area (Å²) in [5.41, 5.74) is 8.95. The molecule has 1 spiro atoms. The van der Waals surface area contributed by atoms with Crippen molar-refractivity contribution < 1.29 is 14.0 Å². The van der Waals surface area contributed by atoms with Gasteiger partial charge in [0.05, 0.1) is 5.57 Å². The molecule has 3 N–H and O–H groups in total. The van der Waals surface area contributed by atoms with Crippen LogP contribution in [0.4, 0.5) is 15.8 Å². The lowest BCUT2D eigenvalue weighted by Crippen LogP contribution is -2.50. The number of nitrogens with two attached hydrogens (primary N) is 1. The van der Waals surface area contributed by atoms with Gasteiger partial charge in [-0.3, -0.25) is 14.5 Å². The third kappa shape index (κ3) is 2.50. The fourth-order valence-corrected chi connectivity index (χ4v) is 5.34. The number of allylic oxidation sites excluding steroid dienone is 1. The van der Waals surface area contributed by atoms with Crippen LogP contribution in [0.25, 0.3) is 0 Å². The lowest BCUT2D eigenvalue weighted by atomic mass is 9.64. The van der Waals surface area contributed by atoms with Crippen molar-refractivity contribution in [2.24, 2.45) is 5.73 Å². The average molecular weight is 428 g/mol. The number of nitriles is 1. The number of nitrogens with one attached hydrogen (secondary N) is 1. The zero-order chi connectivity index (χ0) is 22.8. The first-order valence-corrected chi connectivity index (χ1v) is 10.5. The van der Waals surface area contributed by atoms with Crippen LogP contribution in [0.3, 0.4) is 0 Å². The summed E-state index contributed by atoms with van der Waals surface area (Å²) in [4.78, 5) is 28.6. The Morgan fingerprint density at radius 1 is 1.12 bits per heavy atom. The summed E-state index contributed by atoms with van der Waals surface area (Å²) >= 11 is 0. The van der Waals surface area contributed by atoms with E-state index < -0.39 is 17.1 Å². The number of anilines is 2. The van der Waals surface area contributed by atoms with Crippen molar-refractivity contribution in [3.63, 3.8) is 0 Å². The monoisotopic (exact) mass is 428 g/mol. The molecule has 3 aliphatic rings. The summed E-state index contributed by atoms with van der Waals surface area (Å²) in [7, 11) is 0. The van der Waals surface area contributed by atoms with E-state index in [4.69, 9.17) is 5.73 Å². The number of carbonyl (C=O) groups excluding carboxylic acids is 2. The summed E-state index contributed by atoms with van der Waals surface area (Å²) in [6.45, 7) is 3.91. The van der Waals surface area contributed by atoms with Crippen molar-refractivity contribution in [2.45, 2.75) is 38.5 Å². The van der Waals surface area contributed by atoms with Crippen molar-refractivity contribution in [3.8, 4) is 6.07 Å². The van der Waals surface area contributed by atoms with Gasteiger partial charge in [0.1, 0.15) is 23.1 Å². The highest BCUT2D eigenvalue weighted by molar-refractivity contribution is 6.19. The van der Waals surface area contributed by atoms with Gasteiger partial charge in [-0.2, -0.15) is 5.26 Å². The Morgan fingerprint density at radius 3 is 2.53 bits per heavy atom. The number of rotatable bonds is 1. The first kappa shape index (κ1) is 20.0. The molecule has 0 bridgehead atoms. The molecule has 2 aromatic carbocycles. The molecule has 1 amide bonds. The molecule has 0 saturated carbocycles. The number of Topliss-reactive ketones (excluding diaryl/α,β-unsaturated/α-hetero) is 1. The highest BCUT2D eigenvalue weighted by Crippen LogP contribution is 2.55. The van der Waals surface area contributed by atoms with Gasteiger partial charge in [-0.05, 0) is 68.1 Å². The minimum absolute atomic E-state index is 0.0625. The van der Waals surface area contributed by atoms with Crippen LogP contribution in [0.15, 0.2) is 59.1 Å². The van der Waals surface area contributed by atoms with E-state index in [1.165, 1.54) is 18.2 Å². The predicted molar refractivity (Wildman–Crippen MR) is 118 cm³/mol. The number of carbonyl (C=O) groups is 2. The van der Waals surface area contributed by atoms with Gasteiger partial charge in [0, 0.05) is 34.6 Å². The van der Waals surface area contributed by atoms with E-state index in [0.717, 1.165) is 16.8 Å². The van der Waals surface area contributed by atoms with Gasteiger partial charge >= 0.3 is 0 Å². The van der Waals surface area contributed by atoms with Crippen LogP contribution in [-0.4, -0.2) is 11.7 Å². The van der Waals surface area contributed by atoms with E-state index >= 15 is 0 Å². The van der Waals surface area contributed by atoms with Gasteiger partial charge in [-0.25, -0.2) is 4.39 Å². The second-order valence-electron chi connectivity index (χ2n) is 8.55. The molecule has 2 aliphatic heterocycles. The number of ketones is 1. The predicted octanol–water partition coefficient (Wildman–Crippen LogP) is 3.85. The molecule has 1 aliphatic carbocycles. The number of amides is 1. The number of aryl methyl sites for hydroxylation is 2. The molecule has 0 aromatic heterocycles. The molecular weight excluding hydrogens is 407 g/mol. The first-order chi connectivity index (χ1) is 15.3. The molecular formula is C25H21FN4O2. The molecule has 6 nitrogen and oxygen atoms in total. The van der Waals surface area contributed by atoms with Crippen molar-refractivity contribution in [2.75, 3.05) is 10.2 Å². The van der Waals surface area contributed by atoms with Crippen LogP contribution in [0.1, 0.15) is 36.0 Å². The number of fused-ring (bicyclic) bond motifs is 3. The molecule has 0 saturated heterocycles. The minimum Gasteiger partial charge on any atom is -0.384 e. The molecule has 5 rings (SSSR count). The summed E-state index contributed by atoms with van der Waals surface area (Å²) in [6, 6.07) is 11.9. The van der Waals surface area contributed by atoms with Crippen LogP contribution < -0.4 is 16.0 Å². The van der Waals surface area contributed by atoms with Crippen LogP contribution in [0, 0.1) is 31.0 Å². The second-order valence-corrected chi connectivity index (χ2v) is 8.55. The standard InChI is InChI=1S/C25H21FN4O2/c1-13-8-14(2)10-16(9-13)30-20-4-3-5-21(31)22(20)25(18(12-27)23(30)28)17-11-15(26)6-7-19(17)29-24(25)32/h6-11H,3-5,28H2,1-2H3,(H,29,32)/t25-/m0/s1. The third-order valence-corrected chi connectivity index (χ3v) is 6.45. The van der Waals surface area contributed by atoms with Crippen molar-refractivity contribution >= 4 is 23.1 Å². The van der Waals surface area contributed by atoms with E-state index in [0.29, 0.717) is 24.2 Å². The first-order valence-electron chi connectivity index (χ1n) is 10.5. The lowest BCUT2D eigenvalue weighted by Gasteiger charge is -2.43. The number of benzene rings is 2. The van der Waals surface area contributed by atoms with E-state index in [1.54, 1.807) is 4.90 Å². The molecule has 0 fully saturated rings. The van der Waals surface area contributed by atoms with Gasteiger partial charge in [0.2, 0.25) is 5.91 Å². The Hall–Kier alpha value is -3.92. The maximum absolute atomic E-state index is 14.3. The maximum Gasteiger partial charge on any atom is 0.245 e. The van der Waals surface area contributed by atoms with Gasteiger partial charge in [-0.1, -0.05) is 6.07 Å². The van der Waals surface area contributed by atoms with Gasteiger partial charge in [0.15, 0.2) is 5.78 Å². The number of hydrogen-bond acceptors (Lipinski definition) is 5. The average Bonchev–Trinajstić information content (AvgIpc) is 3.00. The highest BCUT2D eigenvalue weighted by atomic mass is 19.1. The lowest BCUT2D eigenvalue weighted by molar-refractivity contribution is -0.122. The van der Waals surface area contributed by atoms with Gasteiger partial charge in [-0.15, -0.1) is 0 Å². The van der Waals surface area contributed by atoms with Gasteiger partial charge in [0.25, 0.3) is 0 Å². The van der Waals surface area contributed by atoms with Gasteiger partial charge < -0.3 is 11.1 Å². The van der Waals surface area contributed by atoms with E-state index in [-0.39, 0.29) is 34.7 Å². The molecule has 0 radical (unpaired) electrons. The number of nitrogens with zero attached hydrogens (tertiary/aromatic N) is 2. The third-order valence-electron chi connectivity index (χ3n) is 6.45. The molecule has 32 heavy (non-hydrogen) atoms. The smallest absolute Gasteiger partial charge is 0.245 e. The topological polar surface area (TPSA) is 99.2 Å². The SMILES string of the molecule is Cc1cc(C)cc(N2C(N)=C(C#N)[C@]3(C(=O)Nc4ccc(F)cc43)C3=C2CCCC3=O)c1. The summed E-state index contributed by atoms with van der Waals surface area (Å²) in [5.74, 6) is -1.26. The minimum atomic E-state index is -1.75. The van der Waals surface area contributed by atoms with Crippen LogP contribution in [0.2, 0.25) is 0 Å². The Morgan fingerprint density at radius 2 is 1.84 bits per heavy atom. The zero-order valence-corrected chi connectivity index (χ0v) is 17.8. The van der Waals surface area contributed by atoms with E-state index in [1.807, 2.05) is 32.0 Å². The summed E-state index contributed by atoms with van der Waals surface area (Å²) < 4.78 is 14.3. The Bertz CT molecular complexity index is 1310. The molecule has 1 atom stereocenters. The fourth-order valence-electron chi connectivity index (χ4n) is 5.34. The molecule has 0 unspecified atom stereocenters. The summed E-state index contributed by atoms with van der Waals surface area (Å²) in [6.07, 6.45) is 1.35. The van der Waals surface area contributed by atoms with Crippen LogP contribution >= 0.6 is 0 Å². The Labute approximate surface area is 184 Å². The highest BCUT2D eigenvalue weighted by Gasteiger charge is 2.60. The Kier molecular flexibility index (Phi) is 4.25. The zero-order valence-electron chi connectivity index (χ0n) is 17.8. The van der Waals surface area contributed by atoms with Crippen molar-refractivity contribution in [3.05, 3.63) is 81.6 Å². The number of hydrogen-bond donors (Lipinski definition) is 2. The fraction of sp³-hybridized carbons (Fsp3) is 0.240. The maximum atomic E-state index is 14.3. The molecule has 2 heterocycles. The molecule has 160 valence electrons. The quantitative estimate of drug-likeness (QED) is 0.719. The largest absolute Gasteiger partial charge is 0.384 e. The second kappa shape index (κ2) is 6.79. The van der Waals surface area contributed by atoms with Crippen molar-refractivity contribution in [1.82, 2.24) is 0 Å². The molecule has 7 heteroatoms. The number of halogens is 1.